The normalized spacial score (nSPS) is 15.8. The molecule has 1 atom stereocenters. The molecule has 0 spiro atoms. The number of benzene rings is 1. The molecule has 1 aliphatic rings. The van der Waals surface area contributed by atoms with Crippen LogP contribution in [0, 0.1) is 12.3 Å². The first-order valence-electron chi connectivity index (χ1n) is 8.38. The Morgan fingerprint density at radius 2 is 1.96 bits per heavy atom. The van der Waals surface area contributed by atoms with Crippen LogP contribution in [0.4, 0.5) is 9.59 Å². The highest BCUT2D eigenvalue weighted by molar-refractivity contribution is 6.01. The maximum atomic E-state index is 12.3. The topological polar surface area (TPSA) is 90.5 Å². The molecule has 0 saturated carbocycles. The average Bonchev–Trinajstić information content (AvgIpc) is 2.84. The van der Waals surface area contributed by atoms with Crippen molar-refractivity contribution < 1.29 is 14.4 Å². The molecule has 0 aliphatic carbocycles. The molecule has 0 bridgehead atoms. The van der Waals surface area contributed by atoms with Gasteiger partial charge >= 0.3 is 12.1 Å². The van der Waals surface area contributed by atoms with Gasteiger partial charge in [-0.05, 0) is 23.5 Å². The fraction of sp³-hybridized carbons (Fsp3) is 0.500. The van der Waals surface area contributed by atoms with Crippen LogP contribution in [-0.2, 0) is 4.79 Å². The summed E-state index contributed by atoms with van der Waals surface area (Å²) in [6, 6.07) is 7.05. The van der Waals surface area contributed by atoms with Crippen LogP contribution in [0.5, 0.6) is 0 Å². The van der Waals surface area contributed by atoms with E-state index in [0.29, 0.717) is 0 Å². The summed E-state index contributed by atoms with van der Waals surface area (Å²) < 4.78 is 0. The van der Waals surface area contributed by atoms with Crippen LogP contribution >= 0.6 is 0 Å². The lowest BCUT2D eigenvalue weighted by Gasteiger charge is -2.33. The van der Waals surface area contributed by atoms with E-state index in [9.17, 15) is 14.4 Å². The van der Waals surface area contributed by atoms with E-state index in [-0.39, 0.29) is 43.0 Å². The van der Waals surface area contributed by atoms with Crippen molar-refractivity contribution in [3.05, 3.63) is 35.4 Å². The number of rotatable bonds is 5. The molecule has 1 saturated heterocycles. The van der Waals surface area contributed by atoms with Gasteiger partial charge in [-0.25, -0.2) is 9.59 Å². The summed E-state index contributed by atoms with van der Waals surface area (Å²) in [5.41, 5.74) is 2.01. The average molecular weight is 346 g/mol. The molecule has 1 aromatic carbocycles. The fourth-order valence-electron chi connectivity index (χ4n) is 2.82. The van der Waals surface area contributed by atoms with Crippen LogP contribution in [0.1, 0.15) is 37.9 Å². The van der Waals surface area contributed by atoms with Gasteiger partial charge in [0.15, 0.2) is 0 Å². The predicted molar refractivity (Wildman–Crippen MR) is 95.0 cm³/mol. The van der Waals surface area contributed by atoms with Crippen molar-refractivity contribution in [2.75, 3.05) is 19.6 Å². The third kappa shape index (κ3) is 4.71. The van der Waals surface area contributed by atoms with Gasteiger partial charge in [0.05, 0.1) is 12.6 Å². The highest BCUT2D eigenvalue weighted by atomic mass is 16.2. The highest BCUT2D eigenvalue weighted by Gasteiger charge is 2.30. The molecule has 1 heterocycles. The second-order valence-corrected chi connectivity index (χ2v) is 7.26. The zero-order valence-corrected chi connectivity index (χ0v) is 15.2. The van der Waals surface area contributed by atoms with Gasteiger partial charge in [0.25, 0.3) is 0 Å². The molecular formula is C18H26N4O3. The number of carbonyl (C=O) groups excluding carboxylic acids is 3. The van der Waals surface area contributed by atoms with Crippen molar-refractivity contribution in [1.29, 1.82) is 0 Å². The summed E-state index contributed by atoms with van der Waals surface area (Å²) in [7, 11) is 0. The van der Waals surface area contributed by atoms with Crippen molar-refractivity contribution >= 4 is 18.0 Å². The minimum Gasteiger partial charge on any atom is -0.336 e. The van der Waals surface area contributed by atoms with E-state index in [1.54, 1.807) is 0 Å². The summed E-state index contributed by atoms with van der Waals surface area (Å²) in [4.78, 5) is 36.4. The van der Waals surface area contributed by atoms with Crippen molar-refractivity contribution in [2.45, 2.75) is 33.7 Å². The molecule has 0 aromatic heterocycles. The molecule has 0 unspecified atom stereocenters. The Labute approximate surface area is 148 Å². The Hall–Kier alpha value is -2.57. The van der Waals surface area contributed by atoms with Gasteiger partial charge in [-0.1, -0.05) is 45.0 Å². The Balaban J connectivity index is 1.95. The first-order valence-corrected chi connectivity index (χ1v) is 8.38. The number of urea groups is 2. The number of nitrogens with zero attached hydrogens (tertiary/aromatic N) is 1. The summed E-state index contributed by atoms with van der Waals surface area (Å²) in [6.07, 6.45) is 0. The molecular weight excluding hydrogens is 320 g/mol. The second kappa shape index (κ2) is 7.55. The lowest BCUT2D eigenvalue weighted by atomic mass is 9.81. The third-order valence-electron chi connectivity index (χ3n) is 4.20. The number of amides is 5. The maximum Gasteiger partial charge on any atom is 0.324 e. The van der Waals surface area contributed by atoms with Gasteiger partial charge in [-0.15, -0.1) is 0 Å². The third-order valence-corrected chi connectivity index (χ3v) is 4.20. The van der Waals surface area contributed by atoms with E-state index < -0.39 is 6.03 Å². The molecule has 1 aromatic rings. The summed E-state index contributed by atoms with van der Waals surface area (Å²) in [5, 5.41) is 8.17. The molecule has 1 fully saturated rings. The van der Waals surface area contributed by atoms with E-state index in [1.165, 1.54) is 0 Å². The van der Waals surface area contributed by atoms with Gasteiger partial charge in [-0.3, -0.25) is 9.69 Å². The van der Waals surface area contributed by atoms with E-state index in [2.05, 4.69) is 36.7 Å². The van der Waals surface area contributed by atoms with Crippen molar-refractivity contribution in [3.63, 3.8) is 0 Å². The van der Waals surface area contributed by atoms with Crippen LogP contribution in [0.3, 0.4) is 0 Å². The molecule has 3 N–H and O–H groups in total. The molecule has 25 heavy (non-hydrogen) atoms. The Bertz CT molecular complexity index is 651. The predicted octanol–water partition coefficient (Wildman–Crippen LogP) is 1.93. The lowest BCUT2D eigenvalue weighted by molar-refractivity contribution is -0.124. The number of aryl methyl sites for hydroxylation is 1. The van der Waals surface area contributed by atoms with Crippen LogP contribution in [0.25, 0.3) is 0 Å². The summed E-state index contributed by atoms with van der Waals surface area (Å²) in [5.74, 6) is -0.278. The lowest BCUT2D eigenvalue weighted by Crippen LogP contribution is -2.45. The zero-order chi connectivity index (χ0) is 18.6. The van der Waals surface area contributed by atoms with Crippen LogP contribution in [0.2, 0.25) is 0 Å². The standard InChI is InChI=1S/C18H26N4O3/c1-12-7-5-6-8-13(12)15(18(2,3)4)21-16(24)19-9-10-22-14(23)11-20-17(22)25/h5-8,15H,9-11H2,1-4H3,(H,20,25)(H2,19,21,24)/t15-/m1/s1. The molecule has 136 valence electrons. The SMILES string of the molecule is Cc1ccccc1[C@@H](NC(=O)NCCN1C(=O)CNC1=O)C(C)(C)C. The van der Waals surface area contributed by atoms with Crippen LogP contribution in [-0.4, -0.2) is 42.5 Å². The van der Waals surface area contributed by atoms with Crippen molar-refractivity contribution in [3.8, 4) is 0 Å². The number of nitrogens with one attached hydrogen (secondary N) is 3. The van der Waals surface area contributed by atoms with Gasteiger partial charge < -0.3 is 16.0 Å². The minimum atomic E-state index is -0.417. The summed E-state index contributed by atoms with van der Waals surface area (Å²) in [6.45, 7) is 8.60. The first-order chi connectivity index (χ1) is 11.7. The number of hydrogen-bond donors (Lipinski definition) is 3. The van der Waals surface area contributed by atoms with E-state index >= 15 is 0 Å². The molecule has 0 radical (unpaired) electrons. The van der Waals surface area contributed by atoms with Crippen molar-refractivity contribution in [1.82, 2.24) is 20.9 Å². The molecule has 1 aliphatic heterocycles. The van der Waals surface area contributed by atoms with Gasteiger partial charge in [0.2, 0.25) is 5.91 Å². The fourth-order valence-corrected chi connectivity index (χ4v) is 2.82. The highest BCUT2D eigenvalue weighted by Crippen LogP contribution is 2.34. The Kier molecular flexibility index (Phi) is 5.66. The van der Waals surface area contributed by atoms with Crippen LogP contribution < -0.4 is 16.0 Å². The van der Waals surface area contributed by atoms with E-state index in [0.717, 1.165) is 16.0 Å². The smallest absolute Gasteiger partial charge is 0.324 e. The molecule has 7 heteroatoms. The number of hydrogen-bond acceptors (Lipinski definition) is 3. The Morgan fingerprint density at radius 3 is 2.52 bits per heavy atom. The first kappa shape index (κ1) is 18.8. The number of imide groups is 1. The van der Waals surface area contributed by atoms with E-state index in [4.69, 9.17) is 0 Å². The molecule has 5 amide bonds. The molecule has 2 rings (SSSR count). The number of carbonyl (C=O) groups is 3. The summed E-state index contributed by atoms with van der Waals surface area (Å²) >= 11 is 0. The van der Waals surface area contributed by atoms with E-state index in [1.807, 2.05) is 31.2 Å². The maximum absolute atomic E-state index is 12.3. The van der Waals surface area contributed by atoms with Crippen molar-refractivity contribution in [2.24, 2.45) is 5.41 Å². The Morgan fingerprint density at radius 1 is 1.28 bits per heavy atom. The zero-order valence-electron chi connectivity index (χ0n) is 15.2. The monoisotopic (exact) mass is 346 g/mol. The largest absolute Gasteiger partial charge is 0.336 e. The molecule has 7 nitrogen and oxygen atoms in total. The quantitative estimate of drug-likeness (QED) is 0.712. The van der Waals surface area contributed by atoms with Gasteiger partial charge in [0, 0.05) is 13.1 Å². The minimum absolute atomic E-state index is 0.0183. The second-order valence-electron chi connectivity index (χ2n) is 7.26. The van der Waals surface area contributed by atoms with Gasteiger partial charge in [-0.2, -0.15) is 0 Å². The van der Waals surface area contributed by atoms with Crippen LogP contribution in [0.15, 0.2) is 24.3 Å². The van der Waals surface area contributed by atoms with Gasteiger partial charge in [0.1, 0.15) is 0 Å².